The fourth-order valence-electron chi connectivity index (χ4n) is 1.52. The van der Waals surface area contributed by atoms with Crippen molar-refractivity contribution in [1.82, 2.24) is 4.98 Å². The minimum Gasteiger partial charge on any atom is -0.466 e. The van der Waals surface area contributed by atoms with Crippen LogP contribution in [-0.2, 0) is 21.3 Å². The Morgan fingerprint density at radius 1 is 1.63 bits per heavy atom. The predicted molar refractivity (Wildman–Crippen MR) is 66.9 cm³/mol. The third-order valence-electron chi connectivity index (χ3n) is 2.33. The van der Waals surface area contributed by atoms with Gasteiger partial charge in [-0.05, 0) is 13.0 Å². The zero-order chi connectivity index (χ0) is 14.4. The molecule has 0 saturated heterocycles. The summed E-state index contributed by atoms with van der Waals surface area (Å²) in [5.41, 5.74) is 0.121. The summed E-state index contributed by atoms with van der Waals surface area (Å²) in [5.74, 6) is -0.521. The molecule has 0 amide bonds. The zero-order valence-electron chi connectivity index (χ0n) is 10.1. The molecule has 1 heterocycles. The van der Waals surface area contributed by atoms with Crippen LogP contribution in [0.1, 0.15) is 35.9 Å². The highest BCUT2D eigenvalue weighted by atomic mass is 79.9. The van der Waals surface area contributed by atoms with Crippen molar-refractivity contribution in [2.45, 2.75) is 25.1 Å². The minimum absolute atomic E-state index is 0.0211. The Bertz CT molecular complexity index is 515. The molecule has 0 bridgehead atoms. The lowest BCUT2D eigenvalue weighted by Gasteiger charge is -2.10. The van der Waals surface area contributed by atoms with Crippen LogP contribution in [0.2, 0.25) is 0 Å². The Hall–Kier alpha value is -1.55. The average molecular weight is 333 g/mol. The Morgan fingerprint density at radius 3 is 2.79 bits per heavy atom. The first-order chi connectivity index (χ1) is 9.03. The van der Waals surface area contributed by atoms with E-state index in [1.54, 1.807) is 6.92 Å². The average Bonchev–Trinajstić information content (AvgIpc) is 2.38. The number of nitrogens with zero attached hydrogens (tertiary/aromatic N) is 2. The van der Waals surface area contributed by atoms with Gasteiger partial charge in [0.25, 0.3) is 6.43 Å². The summed E-state index contributed by atoms with van der Waals surface area (Å²) in [6.07, 6.45) is -2.92. The summed E-state index contributed by atoms with van der Waals surface area (Å²) in [7, 11) is 0. The molecule has 0 spiro atoms. The van der Waals surface area contributed by atoms with E-state index in [4.69, 9.17) is 10.00 Å². The Kier molecular flexibility index (Phi) is 5.83. The van der Waals surface area contributed by atoms with Crippen LogP contribution in [0.15, 0.2) is 6.07 Å². The molecule has 0 radical (unpaired) electrons. The van der Waals surface area contributed by atoms with Crippen LogP contribution in [0.5, 0.6) is 0 Å². The van der Waals surface area contributed by atoms with Crippen LogP contribution in [0.25, 0.3) is 0 Å². The SMILES string of the molecule is CCOC(=O)Cc1c(C#N)cc(C(F)F)nc1CBr. The second-order valence-corrected chi connectivity index (χ2v) is 4.11. The third kappa shape index (κ3) is 3.96. The van der Waals surface area contributed by atoms with Crippen LogP contribution in [0.3, 0.4) is 0 Å². The summed E-state index contributed by atoms with van der Waals surface area (Å²) in [6.45, 7) is 1.87. The van der Waals surface area contributed by atoms with Gasteiger partial charge in [0.1, 0.15) is 5.69 Å². The highest BCUT2D eigenvalue weighted by Gasteiger charge is 2.19. The summed E-state index contributed by atoms with van der Waals surface area (Å²) < 4.78 is 30.1. The van der Waals surface area contributed by atoms with Gasteiger partial charge in [0, 0.05) is 10.9 Å². The largest absolute Gasteiger partial charge is 0.466 e. The molecule has 1 aromatic rings. The Morgan fingerprint density at radius 2 is 2.32 bits per heavy atom. The van der Waals surface area contributed by atoms with Gasteiger partial charge in [-0.2, -0.15) is 5.26 Å². The predicted octanol–water partition coefficient (Wildman–Crippen LogP) is 2.89. The molecule has 0 aliphatic carbocycles. The van der Waals surface area contributed by atoms with E-state index in [1.807, 2.05) is 6.07 Å². The van der Waals surface area contributed by atoms with Crippen molar-refractivity contribution in [3.63, 3.8) is 0 Å². The molecular formula is C12H11BrF2N2O2. The maximum absolute atomic E-state index is 12.6. The lowest BCUT2D eigenvalue weighted by molar-refractivity contribution is -0.142. The molecule has 0 unspecified atom stereocenters. The molecule has 0 fully saturated rings. The molecule has 0 aliphatic rings. The van der Waals surface area contributed by atoms with Gasteiger partial charge in [-0.3, -0.25) is 9.78 Å². The van der Waals surface area contributed by atoms with Crippen LogP contribution in [0.4, 0.5) is 8.78 Å². The summed E-state index contributed by atoms with van der Waals surface area (Å²) >= 11 is 3.11. The van der Waals surface area contributed by atoms with E-state index in [-0.39, 0.29) is 29.6 Å². The Balaban J connectivity index is 3.22. The maximum atomic E-state index is 12.6. The molecule has 0 aromatic carbocycles. The number of esters is 1. The molecule has 1 aromatic heterocycles. The standard InChI is InChI=1S/C12H11BrF2N2O2/c1-2-19-11(18)4-8-7(6-16)3-9(12(14)15)17-10(8)5-13/h3,12H,2,4-5H2,1H3. The lowest BCUT2D eigenvalue weighted by atomic mass is 10.0. The molecule has 102 valence electrons. The van der Waals surface area contributed by atoms with Crippen molar-refractivity contribution < 1.29 is 18.3 Å². The highest BCUT2D eigenvalue weighted by molar-refractivity contribution is 9.08. The maximum Gasteiger partial charge on any atom is 0.310 e. The van der Waals surface area contributed by atoms with Crippen molar-refractivity contribution in [3.8, 4) is 6.07 Å². The number of hydrogen-bond acceptors (Lipinski definition) is 4. The van der Waals surface area contributed by atoms with E-state index in [0.29, 0.717) is 5.56 Å². The van der Waals surface area contributed by atoms with E-state index in [1.165, 1.54) is 0 Å². The molecule has 0 aliphatic heterocycles. The summed E-state index contributed by atoms with van der Waals surface area (Å²) in [6, 6.07) is 2.82. The fraction of sp³-hybridized carbons (Fsp3) is 0.417. The number of aromatic nitrogens is 1. The first-order valence-electron chi connectivity index (χ1n) is 5.46. The van der Waals surface area contributed by atoms with Crippen molar-refractivity contribution in [2.75, 3.05) is 6.61 Å². The molecule has 19 heavy (non-hydrogen) atoms. The van der Waals surface area contributed by atoms with Gasteiger partial charge in [0.15, 0.2) is 0 Å². The smallest absolute Gasteiger partial charge is 0.310 e. The van der Waals surface area contributed by atoms with E-state index in [9.17, 15) is 13.6 Å². The van der Waals surface area contributed by atoms with Crippen molar-refractivity contribution >= 4 is 21.9 Å². The first-order valence-corrected chi connectivity index (χ1v) is 6.58. The Labute approximate surface area is 117 Å². The number of pyridine rings is 1. The van der Waals surface area contributed by atoms with Gasteiger partial charge < -0.3 is 4.74 Å². The monoisotopic (exact) mass is 332 g/mol. The van der Waals surface area contributed by atoms with Crippen molar-refractivity contribution in [1.29, 1.82) is 5.26 Å². The lowest BCUT2D eigenvalue weighted by Crippen LogP contribution is -2.12. The molecule has 1 rings (SSSR count). The van der Waals surface area contributed by atoms with E-state index < -0.39 is 18.1 Å². The fourth-order valence-corrected chi connectivity index (χ4v) is 1.99. The van der Waals surface area contributed by atoms with Gasteiger partial charge in [-0.15, -0.1) is 0 Å². The summed E-state index contributed by atoms with van der Waals surface area (Å²) in [5, 5.41) is 9.17. The molecule has 7 heteroatoms. The molecular weight excluding hydrogens is 322 g/mol. The number of rotatable bonds is 5. The number of carbonyl (C=O) groups excluding carboxylic acids is 1. The normalized spacial score (nSPS) is 10.3. The van der Waals surface area contributed by atoms with E-state index >= 15 is 0 Å². The molecule has 0 atom stereocenters. The second-order valence-electron chi connectivity index (χ2n) is 3.55. The number of halogens is 3. The number of alkyl halides is 3. The second kappa shape index (κ2) is 7.14. The van der Waals surface area contributed by atoms with Crippen LogP contribution in [-0.4, -0.2) is 17.6 Å². The summed E-state index contributed by atoms with van der Waals surface area (Å²) in [4.78, 5) is 15.2. The number of ether oxygens (including phenoxy) is 1. The van der Waals surface area contributed by atoms with E-state index in [0.717, 1.165) is 6.07 Å². The van der Waals surface area contributed by atoms with Gasteiger partial charge in [-0.1, -0.05) is 15.9 Å². The number of carbonyl (C=O) groups is 1. The molecule has 4 nitrogen and oxygen atoms in total. The van der Waals surface area contributed by atoms with Gasteiger partial charge in [0.05, 0.1) is 30.4 Å². The first kappa shape index (κ1) is 15.5. The van der Waals surface area contributed by atoms with Gasteiger partial charge in [-0.25, -0.2) is 8.78 Å². The van der Waals surface area contributed by atoms with Crippen molar-refractivity contribution in [2.24, 2.45) is 0 Å². The topological polar surface area (TPSA) is 63.0 Å². The number of hydrogen-bond donors (Lipinski definition) is 0. The molecule has 0 N–H and O–H groups in total. The quantitative estimate of drug-likeness (QED) is 0.614. The van der Waals surface area contributed by atoms with Crippen LogP contribution >= 0.6 is 15.9 Å². The number of nitriles is 1. The molecule has 0 saturated carbocycles. The van der Waals surface area contributed by atoms with Gasteiger partial charge in [0.2, 0.25) is 0 Å². The van der Waals surface area contributed by atoms with Gasteiger partial charge >= 0.3 is 5.97 Å². The minimum atomic E-state index is -2.76. The zero-order valence-corrected chi connectivity index (χ0v) is 11.7. The van der Waals surface area contributed by atoms with Crippen LogP contribution in [0, 0.1) is 11.3 Å². The highest BCUT2D eigenvalue weighted by Crippen LogP contribution is 2.23. The third-order valence-corrected chi connectivity index (χ3v) is 2.86. The van der Waals surface area contributed by atoms with Crippen molar-refractivity contribution in [3.05, 3.63) is 28.6 Å². The van der Waals surface area contributed by atoms with Crippen LogP contribution < -0.4 is 0 Å². The van der Waals surface area contributed by atoms with E-state index in [2.05, 4.69) is 20.9 Å².